The van der Waals surface area contributed by atoms with Gasteiger partial charge >= 0.3 is 0 Å². The average Bonchev–Trinajstić information content (AvgIpc) is 2.77. The average molecular weight is 260 g/mol. The highest BCUT2D eigenvalue weighted by molar-refractivity contribution is 5.38. The maximum atomic E-state index is 9.76. The van der Waals surface area contributed by atoms with Crippen molar-refractivity contribution in [1.82, 2.24) is 9.78 Å². The van der Waals surface area contributed by atoms with Crippen molar-refractivity contribution in [3.8, 4) is 5.75 Å². The molecule has 0 saturated carbocycles. The number of nitrogens with zero attached hydrogens (tertiary/aromatic N) is 2. The van der Waals surface area contributed by atoms with E-state index in [9.17, 15) is 5.11 Å². The molecule has 1 N–H and O–H groups in total. The van der Waals surface area contributed by atoms with Crippen LogP contribution in [0.25, 0.3) is 0 Å². The Labute approximate surface area is 113 Å². The van der Waals surface area contributed by atoms with Crippen LogP contribution in [0.3, 0.4) is 0 Å². The first kappa shape index (κ1) is 13.6. The predicted octanol–water partition coefficient (Wildman–Crippen LogP) is 2.40. The van der Waals surface area contributed by atoms with Crippen LogP contribution in [0, 0.1) is 6.92 Å². The van der Waals surface area contributed by atoms with Gasteiger partial charge in [0.25, 0.3) is 0 Å². The molecule has 4 heteroatoms. The summed E-state index contributed by atoms with van der Waals surface area (Å²) in [6, 6.07) is 7.85. The zero-order valence-electron chi connectivity index (χ0n) is 11.6. The van der Waals surface area contributed by atoms with Gasteiger partial charge in [-0.1, -0.05) is 11.6 Å². The van der Waals surface area contributed by atoms with Crippen molar-refractivity contribution in [1.29, 1.82) is 0 Å². The summed E-state index contributed by atoms with van der Waals surface area (Å²) in [6.45, 7) is 4.33. The summed E-state index contributed by atoms with van der Waals surface area (Å²) in [5.41, 5.74) is 3.09. The Kier molecular flexibility index (Phi) is 4.22. The van der Waals surface area contributed by atoms with Crippen molar-refractivity contribution in [3.05, 3.63) is 47.3 Å². The van der Waals surface area contributed by atoms with Crippen molar-refractivity contribution in [3.63, 3.8) is 0 Å². The standard InChI is InChI=1S/C15H20N2O2/c1-11-4-5-15(14(10-11)12(2)18)19-9-7-13-6-8-16-17(13)3/h4-6,8,10,12,18H,7,9H2,1-3H3/t12-/m0/s1. The summed E-state index contributed by atoms with van der Waals surface area (Å²) in [5, 5.41) is 13.9. The highest BCUT2D eigenvalue weighted by Crippen LogP contribution is 2.26. The zero-order chi connectivity index (χ0) is 13.8. The molecule has 1 atom stereocenters. The largest absolute Gasteiger partial charge is 0.493 e. The van der Waals surface area contributed by atoms with Crippen LogP contribution in [-0.2, 0) is 13.5 Å². The van der Waals surface area contributed by atoms with E-state index in [1.807, 2.05) is 42.9 Å². The first-order chi connectivity index (χ1) is 9.08. The minimum atomic E-state index is -0.522. The Hall–Kier alpha value is -1.81. The summed E-state index contributed by atoms with van der Waals surface area (Å²) in [4.78, 5) is 0. The molecule has 1 aromatic heterocycles. The van der Waals surface area contributed by atoms with Gasteiger partial charge in [-0.15, -0.1) is 0 Å². The molecular formula is C15H20N2O2. The second-order valence-corrected chi connectivity index (χ2v) is 4.76. The molecular weight excluding hydrogens is 240 g/mol. The zero-order valence-corrected chi connectivity index (χ0v) is 11.6. The van der Waals surface area contributed by atoms with E-state index in [1.165, 1.54) is 0 Å². The van der Waals surface area contributed by atoms with Crippen molar-refractivity contribution in [2.45, 2.75) is 26.4 Å². The molecule has 0 aliphatic heterocycles. The van der Waals surface area contributed by atoms with Gasteiger partial charge in [0.05, 0.1) is 12.7 Å². The maximum Gasteiger partial charge on any atom is 0.125 e. The van der Waals surface area contributed by atoms with Crippen molar-refractivity contribution in [2.24, 2.45) is 7.05 Å². The van der Waals surface area contributed by atoms with E-state index in [-0.39, 0.29) is 0 Å². The molecule has 4 nitrogen and oxygen atoms in total. The molecule has 102 valence electrons. The molecule has 0 fully saturated rings. The predicted molar refractivity (Wildman–Crippen MR) is 74.2 cm³/mol. The number of aryl methyl sites for hydroxylation is 2. The molecule has 0 aliphatic carbocycles. The summed E-state index contributed by atoms with van der Waals surface area (Å²) in [7, 11) is 1.92. The van der Waals surface area contributed by atoms with Crippen molar-refractivity contribution < 1.29 is 9.84 Å². The van der Waals surface area contributed by atoms with E-state index < -0.39 is 6.10 Å². The van der Waals surface area contributed by atoms with Gasteiger partial charge in [0.2, 0.25) is 0 Å². The fraction of sp³-hybridized carbons (Fsp3) is 0.400. The van der Waals surface area contributed by atoms with E-state index in [4.69, 9.17) is 4.74 Å². The third-order valence-corrected chi connectivity index (χ3v) is 3.15. The normalized spacial score (nSPS) is 12.4. The lowest BCUT2D eigenvalue weighted by Gasteiger charge is -2.14. The van der Waals surface area contributed by atoms with Crippen LogP contribution in [0.15, 0.2) is 30.5 Å². The third kappa shape index (κ3) is 3.35. The second kappa shape index (κ2) is 5.89. The van der Waals surface area contributed by atoms with Gasteiger partial charge < -0.3 is 9.84 Å². The van der Waals surface area contributed by atoms with E-state index >= 15 is 0 Å². The van der Waals surface area contributed by atoms with Crippen LogP contribution in [0.2, 0.25) is 0 Å². The summed E-state index contributed by atoms with van der Waals surface area (Å²) < 4.78 is 7.62. The van der Waals surface area contributed by atoms with Gasteiger partial charge in [0.15, 0.2) is 0 Å². The number of ether oxygens (including phenoxy) is 1. The highest BCUT2D eigenvalue weighted by Gasteiger charge is 2.09. The Bertz CT molecular complexity index is 547. The SMILES string of the molecule is Cc1ccc(OCCc2ccnn2C)c([C@H](C)O)c1. The first-order valence-electron chi connectivity index (χ1n) is 6.46. The van der Waals surface area contributed by atoms with Gasteiger partial charge in [0, 0.05) is 30.9 Å². The lowest BCUT2D eigenvalue weighted by Crippen LogP contribution is -2.08. The van der Waals surface area contributed by atoms with Gasteiger partial charge in [-0.05, 0) is 32.0 Å². The summed E-state index contributed by atoms with van der Waals surface area (Å²) in [5.74, 6) is 0.753. The van der Waals surface area contributed by atoms with E-state index in [2.05, 4.69) is 5.10 Å². The maximum absolute atomic E-state index is 9.76. The smallest absolute Gasteiger partial charge is 0.125 e. The monoisotopic (exact) mass is 260 g/mol. The third-order valence-electron chi connectivity index (χ3n) is 3.15. The number of hydrogen-bond donors (Lipinski definition) is 1. The molecule has 0 amide bonds. The van der Waals surface area contributed by atoms with E-state index in [0.29, 0.717) is 6.61 Å². The highest BCUT2D eigenvalue weighted by atomic mass is 16.5. The Balaban J connectivity index is 2.01. The fourth-order valence-corrected chi connectivity index (χ4v) is 2.04. The number of hydrogen-bond acceptors (Lipinski definition) is 3. The Morgan fingerprint density at radius 2 is 2.16 bits per heavy atom. The van der Waals surface area contributed by atoms with Gasteiger partial charge in [-0.3, -0.25) is 4.68 Å². The van der Waals surface area contributed by atoms with Crippen LogP contribution < -0.4 is 4.74 Å². The van der Waals surface area contributed by atoms with Crippen molar-refractivity contribution >= 4 is 0 Å². The molecule has 0 radical (unpaired) electrons. The second-order valence-electron chi connectivity index (χ2n) is 4.76. The molecule has 0 aliphatic rings. The molecule has 0 saturated heterocycles. The topological polar surface area (TPSA) is 47.3 Å². The lowest BCUT2D eigenvalue weighted by molar-refractivity contribution is 0.191. The molecule has 19 heavy (non-hydrogen) atoms. The van der Waals surface area contributed by atoms with Gasteiger partial charge in [0.1, 0.15) is 5.75 Å². The quantitative estimate of drug-likeness (QED) is 0.898. The van der Waals surface area contributed by atoms with Gasteiger partial charge in [-0.25, -0.2) is 0 Å². The Morgan fingerprint density at radius 3 is 2.79 bits per heavy atom. The van der Waals surface area contributed by atoms with Crippen LogP contribution in [0.1, 0.15) is 29.8 Å². The molecule has 0 unspecified atom stereocenters. The van der Waals surface area contributed by atoms with E-state index in [0.717, 1.165) is 29.0 Å². The number of benzene rings is 1. The fourth-order valence-electron chi connectivity index (χ4n) is 2.04. The number of aliphatic hydroxyl groups excluding tert-OH is 1. The molecule has 0 spiro atoms. The minimum Gasteiger partial charge on any atom is -0.493 e. The molecule has 2 aromatic rings. The molecule has 2 rings (SSSR count). The number of aromatic nitrogens is 2. The molecule has 1 aromatic carbocycles. The number of aliphatic hydroxyl groups is 1. The van der Waals surface area contributed by atoms with Crippen molar-refractivity contribution in [2.75, 3.05) is 6.61 Å². The van der Waals surface area contributed by atoms with E-state index in [1.54, 1.807) is 13.1 Å². The minimum absolute atomic E-state index is 0.522. The Morgan fingerprint density at radius 1 is 1.37 bits per heavy atom. The summed E-state index contributed by atoms with van der Waals surface area (Å²) in [6.07, 6.45) is 2.05. The van der Waals surface area contributed by atoms with Crippen LogP contribution in [0.4, 0.5) is 0 Å². The summed E-state index contributed by atoms with van der Waals surface area (Å²) >= 11 is 0. The molecule has 0 bridgehead atoms. The first-order valence-corrected chi connectivity index (χ1v) is 6.46. The van der Waals surface area contributed by atoms with Crippen LogP contribution in [-0.4, -0.2) is 21.5 Å². The molecule has 1 heterocycles. The van der Waals surface area contributed by atoms with Gasteiger partial charge in [-0.2, -0.15) is 5.10 Å². The van der Waals surface area contributed by atoms with Crippen LogP contribution >= 0.6 is 0 Å². The lowest BCUT2D eigenvalue weighted by atomic mass is 10.1. The number of rotatable bonds is 5. The van der Waals surface area contributed by atoms with Crippen LogP contribution in [0.5, 0.6) is 5.75 Å².